The number of nitrogens with zero attached hydrogens (tertiary/aromatic N) is 1. The van der Waals surface area contributed by atoms with Gasteiger partial charge in [0.05, 0.1) is 0 Å². The first kappa shape index (κ1) is 9.02. The van der Waals surface area contributed by atoms with Crippen molar-refractivity contribution in [2.75, 3.05) is 0 Å². The van der Waals surface area contributed by atoms with Crippen LogP contribution in [-0.2, 0) is 0 Å². The monoisotopic (exact) mass is 137 g/mol. The first-order valence-corrected chi connectivity index (χ1v) is 3.51. The summed E-state index contributed by atoms with van der Waals surface area (Å²) in [6, 6.07) is 0. The van der Waals surface area contributed by atoms with Crippen molar-refractivity contribution in [1.29, 1.82) is 0 Å². The molecule has 0 aliphatic heterocycles. The van der Waals surface area contributed by atoms with Crippen LogP contribution >= 0.6 is 0 Å². The normalized spacial score (nSPS) is 12.3. The van der Waals surface area contributed by atoms with Crippen LogP contribution in [0.1, 0.15) is 20.8 Å². The van der Waals surface area contributed by atoms with E-state index in [9.17, 15) is 0 Å². The van der Waals surface area contributed by atoms with Crippen molar-refractivity contribution in [1.82, 2.24) is 4.90 Å². The second-order valence-electron chi connectivity index (χ2n) is 1.89. The Morgan fingerprint density at radius 1 is 0.700 bits per heavy atom. The Hall–Kier alpha value is -0.980. The van der Waals surface area contributed by atoms with Gasteiger partial charge in [-0.3, -0.25) is 0 Å². The molecule has 0 saturated heterocycles. The largest absolute Gasteiger partial charge is 0.332 e. The van der Waals surface area contributed by atoms with Crippen LogP contribution in [0, 0.1) is 0 Å². The highest BCUT2D eigenvalue weighted by atomic mass is 15.1. The van der Waals surface area contributed by atoms with E-state index >= 15 is 0 Å². The number of allylic oxidation sites excluding steroid dienone is 3. The standard InChI is InChI=1S/C9H15N/c1-4-7-10(8-5-2)9-6-3/h4-9H,1-3H3/b7-4-,8-5-,9-6-. The second-order valence-corrected chi connectivity index (χ2v) is 1.89. The molecule has 10 heavy (non-hydrogen) atoms. The summed E-state index contributed by atoms with van der Waals surface area (Å²) in [4.78, 5) is 2.00. The maximum Gasteiger partial charge on any atom is 0.00389 e. The van der Waals surface area contributed by atoms with E-state index in [1.54, 1.807) is 0 Å². The van der Waals surface area contributed by atoms with E-state index in [2.05, 4.69) is 0 Å². The maximum absolute atomic E-state index is 2.00. The van der Waals surface area contributed by atoms with Gasteiger partial charge >= 0.3 is 0 Å². The molecular formula is C9H15N. The number of hydrogen-bond donors (Lipinski definition) is 0. The molecule has 0 spiro atoms. The molecule has 0 aliphatic rings. The molecule has 0 rings (SSSR count). The van der Waals surface area contributed by atoms with Gasteiger partial charge in [0.15, 0.2) is 0 Å². The van der Waals surface area contributed by atoms with Gasteiger partial charge in [-0.15, -0.1) is 0 Å². The summed E-state index contributed by atoms with van der Waals surface area (Å²) < 4.78 is 0. The van der Waals surface area contributed by atoms with E-state index in [0.717, 1.165) is 0 Å². The van der Waals surface area contributed by atoms with E-state index in [-0.39, 0.29) is 0 Å². The number of rotatable bonds is 3. The predicted octanol–water partition coefficient (Wildman–Crippen LogP) is 2.89. The van der Waals surface area contributed by atoms with Crippen molar-refractivity contribution in [3.05, 3.63) is 36.8 Å². The molecule has 1 heteroatoms. The fourth-order valence-corrected chi connectivity index (χ4v) is 0.665. The Morgan fingerprint density at radius 3 is 1.20 bits per heavy atom. The molecule has 0 aromatic rings. The summed E-state index contributed by atoms with van der Waals surface area (Å²) in [5.41, 5.74) is 0. The highest BCUT2D eigenvalue weighted by molar-refractivity contribution is 4.96. The van der Waals surface area contributed by atoms with Crippen molar-refractivity contribution in [3.63, 3.8) is 0 Å². The SMILES string of the molecule is C/C=C\N(/C=C\C)/C=C\C. The van der Waals surface area contributed by atoms with Crippen LogP contribution in [0.15, 0.2) is 36.8 Å². The zero-order chi connectivity index (χ0) is 7.82. The third-order valence-corrected chi connectivity index (χ3v) is 0.964. The summed E-state index contributed by atoms with van der Waals surface area (Å²) in [5, 5.41) is 0. The lowest BCUT2D eigenvalue weighted by Crippen LogP contribution is -1.97. The average Bonchev–Trinajstić information content (AvgIpc) is 1.90. The van der Waals surface area contributed by atoms with Crippen molar-refractivity contribution in [2.24, 2.45) is 0 Å². The highest BCUT2D eigenvalue weighted by Crippen LogP contribution is 1.92. The molecule has 0 saturated carbocycles. The van der Waals surface area contributed by atoms with Crippen molar-refractivity contribution < 1.29 is 0 Å². The molecular weight excluding hydrogens is 122 g/mol. The van der Waals surface area contributed by atoms with Gasteiger partial charge in [0.1, 0.15) is 0 Å². The molecule has 0 unspecified atom stereocenters. The Morgan fingerprint density at radius 2 is 1.00 bits per heavy atom. The molecule has 1 nitrogen and oxygen atoms in total. The quantitative estimate of drug-likeness (QED) is 0.578. The molecule has 0 amide bonds. The fraction of sp³-hybridized carbons (Fsp3) is 0.333. The minimum atomic E-state index is 2.00. The molecule has 0 heterocycles. The van der Waals surface area contributed by atoms with Crippen molar-refractivity contribution in [3.8, 4) is 0 Å². The minimum absolute atomic E-state index is 2.00. The molecule has 0 aromatic carbocycles. The molecule has 0 atom stereocenters. The predicted molar refractivity (Wildman–Crippen MR) is 46.3 cm³/mol. The Bertz CT molecular complexity index is 114. The fourth-order valence-electron chi connectivity index (χ4n) is 0.665. The zero-order valence-electron chi connectivity index (χ0n) is 6.91. The van der Waals surface area contributed by atoms with Crippen LogP contribution in [-0.4, -0.2) is 4.90 Å². The second kappa shape index (κ2) is 6.14. The van der Waals surface area contributed by atoms with Gasteiger partial charge in [0.2, 0.25) is 0 Å². The topological polar surface area (TPSA) is 3.24 Å². The van der Waals surface area contributed by atoms with Crippen LogP contribution in [0.2, 0.25) is 0 Å². The molecule has 0 N–H and O–H groups in total. The maximum atomic E-state index is 2.00. The minimum Gasteiger partial charge on any atom is -0.332 e. The van der Waals surface area contributed by atoms with Crippen molar-refractivity contribution >= 4 is 0 Å². The van der Waals surface area contributed by atoms with Crippen LogP contribution in [0.5, 0.6) is 0 Å². The van der Waals surface area contributed by atoms with Gasteiger partial charge in [-0.05, 0) is 20.8 Å². The van der Waals surface area contributed by atoms with E-state index in [1.807, 2.05) is 62.5 Å². The Kier molecular flexibility index (Phi) is 5.54. The summed E-state index contributed by atoms with van der Waals surface area (Å²) in [6.07, 6.45) is 12.0. The van der Waals surface area contributed by atoms with E-state index in [1.165, 1.54) is 0 Å². The summed E-state index contributed by atoms with van der Waals surface area (Å²) in [7, 11) is 0. The van der Waals surface area contributed by atoms with Gasteiger partial charge in [-0.25, -0.2) is 0 Å². The van der Waals surface area contributed by atoms with Gasteiger partial charge < -0.3 is 4.90 Å². The highest BCUT2D eigenvalue weighted by Gasteiger charge is 1.80. The lowest BCUT2D eigenvalue weighted by atomic mass is 10.5. The van der Waals surface area contributed by atoms with E-state index < -0.39 is 0 Å². The third-order valence-electron chi connectivity index (χ3n) is 0.964. The van der Waals surface area contributed by atoms with Gasteiger partial charge in [0, 0.05) is 18.6 Å². The van der Waals surface area contributed by atoms with Gasteiger partial charge in [-0.1, -0.05) is 18.2 Å². The molecule has 0 fully saturated rings. The molecule has 0 aromatic heterocycles. The Balaban J connectivity index is 3.97. The zero-order valence-corrected chi connectivity index (χ0v) is 6.91. The van der Waals surface area contributed by atoms with Crippen molar-refractivity contribution in [2.45, 2.75) is 20.8 Å². The van der Waals surface area contributed by atoms with Gasteiger partial charge in [-0.2, -0.15) is 0 Å². The third kappa shape index (κ3) is 3.96. The van der Waals surface area contributed by atoms with E-state index in [0.29, 0.717) is 0 Å². The smallest absolute Gasteiger partial charge is 0.00389 e. The molecule has 0 radical (unpaired) electrons. The summed E-state index contributed by atoms with van der Waals surface area (Å²) in [5.74, 6) is 0. The molecule has 56 valence electrons. The van der Waals surface area contributed by atoms with Crippen LogP contribution < -0.4 is 0 Å². The Labute approximate surface area is 63.3 Å². The van der Waals surface area contributed by atoms with Crippen LogP contribution in [0.3, 0.4) is 0 Å². The lowest BCUT2D eigenvalue weighted by molar-refractivity contribution is 0.688. The molecule has 0 aliphatic carbocycles. The average molecular weight is 137 g/mol. The summed E-state index contributed by atoms with van der Waals surface area (Å²) >= 11 is 0. The summed E-state index contributed by atoms with van der Waals surface area (Å²) in [6.45, 7) is 6.00. The first-order chi connectivity index (χ1) is 4.85. The molecule has 0 bridgehead atoms. The lowest BCUT2D eigenvalue weighted by Gasteiger charge is -2.06. The van der Waals surface area contributed by atoms with Crippen LogP contribution in [0.25, 0.3) is 0 Å². The first-order valence-electron chi connectivity index (χ1n) is 3.51. The van der Waals surface area contributed by atoms with Gasteiger partial charge in [0.25, 0.3) is 0 Å². The van der Waals surface area contributed by atoms with Crippen LogP contribution in [0.4, 0.5) is 0 Å². The van der Waals surface area contributed by atoms with E-state index in [4.69, 9.17) is 0 Å². The number of hydrogen-bond acceptors (Lipinski definition) is 1.